The van der Waals surface area contributed by atoms with E-state index < -0.39 is 17.2 Å². The number of hydrogen-bond donors (Lipinski definition) is 1. The van der Waals surface area contributed by atoms with Crippen LogP contribution in [-0.2, 0) is 4.74 Å². The Hall–Kier alpha value is -2.11. The molecule has 0 spiro atoms. The van der Waals surface area contributed by atoms with E-state index in [1.165, 1.54) is 24.3 Å². The summed E-state index contributed by atoms with van der Waals surface area (Å²) < 4.78 is 4.48. The van der Waals surface area contributed by atoms with Crippen molar-refractivity contribution in [2.24, 2.45) is 0 Å². The zero-order chi connectivity index (χ0) is 11.4. The van der Waals surface area contributed by atoms with Crippen molar-refractivity contribution in [2.75, 3.05) is 0 Å². The second kappa shape index (κ2) is 4.41. The van der Waals surface area contributed by atoms with E-state index in [0.29, 0.717) is 5.56 Å². The van der Waals surface area contributed by atoms with Crippen LogP contribution in [0, 0.1) is 10.1 Å². The molecule has 6 nitrogen and oxygen atoms in total. The molecule has 0 aromatic heterocycles. The number of carbonyl (C=O) groups is 1. The lowest BCUT2D eigenvalue weighted by atomic mass is 10.1. The van der Waals surface area contributed by atoms with Crippen molar-refractivity contribution in [2.45, 2.75) is 13.0 Å². The maximum absolute atomic E-state index is 10.3. The van der Waals surface area contributed by atoms with Crippen molar-refractivity contribution in [1.29, 1.82) is 0 Å². The Morgan fingerprint density at radius 1 is 1.47 bits per heavy atom. The van der Waals surface area contributed by atoms with E-state index in [2.05, 4.69) is 4.74 Å². The summed E-state index contributed by atoms with van der Waals surface area (Å²) in [5.41, 5.74) is 0.532. The van der Waals surface area contributed by atoms with Crippen molar-refractivity contribution in [1.82, 2.24) is 0 Å². The summed E-state index contributed by atoms with van der Waals surface area (Å²) in [6.07, 6.45) is -2.01. The van der Waals surface area contributed by atoms with E-state index >= 15 is 0 Å². The van der Waals surface area contributed by atoms with Gasteiger partial charge in [-0.1, -0.05) is 0 Å². The minimum atomic E-state index is -1.37. The van der Waals surface area contributed by atoms with E-state index in [1.807, 2.05) is 0 Å². The van der Waals surface area contributed by atoms with E-state index in [4.69, 9.17) is 5.11 Å². The first-order valence-corrected chi connectivity index (χ1v) is 4.14. The summed E-state index contributed by atoms with van der Waals surface area (Å²) >= 11 is 0. The van der Waals surface area contributed by atoms with Gasteiger partial charge in [0.25, 0.3) is 5.69 Å². The topological polar surface area (TPSA) is 89.7 Å². The van der Waals surface area contributed by atoms with Crippen molar-refractivity contribution < 1.29 is 19.6 Å². The van der Waals surface area contributed by atoms with Crippen molar-refractivity contribution in [3.05, 3.63) is 39.9 Å². The first-order chi connectivity index (χ1) is 7.00. The Morgan fingerprint density at radius 3 is 2.40 bits per heavy atom. The highest BCUT2D eigenvalue weighted by atomic mass is 16.7. The smallest absolute Gasteiger partial charge is 0.450 e. The first-order valence-electron chi connectivity index (χ1n) is 4.14. The fraction of sp³-hybridized carbons (Fsp3) is 0.222. The van der Waals surface area contributed by atoms with Gasteiger partial charge in [-0.05, 0) is 24.6 Å². The van der Waals surface area contributed by atoms with Crippen LogP contribution in [-0.4, -0.2) is 16.2 Å². The Balaban J connectivity index is 2.79. The molecule has 1 aromatic rings. The maximum Gasteiger partial charge on any atom is 0.506 e. The number of nitro benzene ring substituents is 1. The molecule has 1 atom stereocenters. The quantitative estimate of drug-likeness (QED) is 0.470. The van der Waals surface area contributed by atoms with Gasteiger partial charge in [0, 0.05) is 12.1 Å². The average Bonchev–Trinajstić information content (AvgIpc) is 2.17. The third kappa shape index (κ3) is 2.94. The lowest BCUT2D eigenvalue weighted by molar-refractivity contribution is -0.384. The van der Waals surface area contributed by atoms with Gasteiger partial charge < -0.3 is 9.84 Å². The normalized spacial score (nSPS) is 11.8. The molecule has 0 heterocycles. The summed E-state index contributed by atoms with van der Waals surface area (Å²) in [7, 11) is 0. The molecule has 0 aliphatic heterocycles. The third-order valence-electron chi connectivity index (χ3n) is 1.85. The predicted molar refractivity (Wildman–Crippen MR) is 50.6 cm³/mol. The van der Waals surface area contributed by atoms with Crippen molar-refractivity contribution in [3.8, 4) is 0 Å². The molecule has 0 saturated carbocycles. The molecule has 1 aromatic carbocycles. The molecule has 0 radical (unpaired) electrons. The van der Waals surface area contributed by atoms with Gasteiger partial charge in [-0.15, -0.1) is 0 Å². The van der Waals surface area contributed by atoms with Crippen LogP contribution in [0.25, 0.3) is 0 Å². The molecule has 1 rings (SSSR count). The number of carboxylic acid groups (broad SMARTS) is 1. The minimum absolute atomic E-state index is 0.0405. The highest BCUT2D eigenvalue weighted by Crippen LogP contribution is 2.20. The molecular weight excluding hydrogens is 202 g/mol. The Labute approximate surface area is 85.2 Å². The van der Waals surface area contributed by atoms with Crippen LogP contribution < -0.4 is 0 Å². The SMILES string of the molecule is CC(OC(=O)O)c1ccc([N+](=O)[O-])cc1. The van der Waals surface area contributed by atoms with Crippen molar-refractivity contribution in [3.63, 3.8) is 0 Å². The predicted octanol–water partition coefficient (Wildman–Crippen LogP) is 2.35. The molecule has 15 heavy (non-hydrogen) atoms. The summed E-state index contributed by atoms with van der Waals surface area (Å²) in [5.74, 6) is 0. The highest BCUT2D eigenvalue weighted by molar-refractivity contribution is 5.57. The molecule has 0 saturated heterocycles. The van der Waals surface area contributed by atoms with Gasteiger partial charge in [-0.25, -0.2) is 4.79 Å². The summed E-state index contributed by atoms with van der Waals surface area (Å²) in [4.78, 5) is 20.0. The molecule has 6 heteroatoms. The highest BCUT2D eigenvalue weighted by Gasteiger charge is 2.11. The molecule has 0 amide bonds. The Morgan fingerprint density at radius 2 is 2.00 bits per heavy atom. The lowest BCUT2D eigenvalue weighted by Crippen LogP contribution is -2.05. The maximum atomic E-state index is 10.3. The van der Waals surface area contributed by atoms with E-state index in [0.717, 1.165) is 0 Å². The van der Waals surface area contributed by atoms with E-state index in [9.17, 15) is 14.9 Å². The molecule has 80 valence electrons. The number of benzene rings is 1. The number of non-ortho nitro benzene ring substituents is 1. The first kappa shape index (κ1) is 11.0. The third-order valence-corrected chi connectivity index (χ3v) is 1.85. The standard InChI is InChI=1S/C9H9NO5/c1-6(15-9(11)12)7-2-4-8(5-3-7)10(13)14/h2-6H,1H3,(H,11,12). The van der Waals surface area contributed by atoms with Gasteiger partial charge in [0.1, 0.15) is 6.10 Å². The number of nitro groups is 1. The van der Waals surface area contributed by atoms with Crippen LogP contribution in [0.1, 0.15) is 18.6 Å². The second-order valence-corrected chi connectivity index (χ2v) is 2.87. The zero-order valence-corrected chi connectivity index (χ0v) is 7.91. The van der Waals surface area contributed by atoms with Gasteiger partial charge >= 0.3 is 6.16 Å². The fourth-order valence-electron chi connectivity index (χ4n) is 1.09. The van der Waals surface area contributed by atoms with Crippen LogP contribution in [0.4, 0.5) is 10.5 Å². The summed E-state index contributed by atoms with van der Waals surface area (Å²) in [6.45, 7) is 1.55. The molecule has 0 fully saturated rings. The van der Waals surface area contributed by atoms with Crippen LogP contribution in [0.3, 0.4) is 0 Å². The largest absolute Gasteiger partial charge is 0.506 e. The van der Waals surface area contributed by atoms with Crippen molar-refractivity contribution >= 4 is 11.8 Å². The van der Waals surface area contributed by atoms with Gasteiger partial charge in [0.2, 0.25) is 0 Å². The van der Waals surface area contributed by atoms with E-state index in [1.54, 1.807) is 6.92 Å². The fourth-order valence-corrected chi connectivity index (χ4v) is 1.09. The van der Waals surface area contributed by atoms with E-state index in [-0.39, 0.29) is 5.69 Å². The van der Waals surface area contributed by atoms with Crippen LogP contribution in [0.15, 0.2) is 24.3 Å². The molecular formula is C9H9NO5. The summed E-state index contributed by atoms with van der Waals surface area (Å²) in [5, 5.41) is 18.7. The zero-order valence-electron chi connectivity index (χ0n) is 7.91. The Bertz CT molecular complexity index is 373. The van der Waals surface area contributed by atoms with Crippen LogP contribution in [0.5, 0.6) is 0 Å². The number of ether oxygens (including phenoxy) is 1. The molecule has 0 aliphatic rings. The molecule has 0 bridgehead atoms. The van der Waals surface area contributed by atoms with Gasteiger partial charge in [-0.3, -0.25) is 10.1 Å². The number of hydrogen-bond acceptors (Lipinski definition) is 4. The Kier molecular flexibility index (Phi) is 3.22. The average molecular weight is 211 g/mol. The minimum Gasteiger partial charge on any atom is -0.450 e. The lowest BCUT2D eigenvalue weighted by Gasteiger charge is -2.09. The number of nitrogens with zero attached hydrogens (tertiary/aromatic N) is 1. The molecule has 1 N–H and O–H groups in total. The van der Waals surface area contributed by atoms with Gasteiger partial charge in [0.05, 0.1) is 4.92 Å². The van der Waals surface area contributed by atoms with Gasteiger partial charge in [-0.2, -0.15) is 0 Å². The van der Waals surface area contributed by atoms with Crippen LogP contribution >= 0.6 is 0 Å². The number of rotatable bonds is 3. The second-order valence-electron chi connectivity index (χ2n) is 2.87. The summed E-state index contributed by atoms with van der Waals surface area (Å²) in [6, 6.07) is 5.53. The van der Waals surface area contributed by atoms with Gasteiger partial charge in [0.15, 0.2) is 0 Å². The van der Waals surface area contributed by atoms with Crippen LogP contribution in [0.2, 0.25) is 0 Å². The molecule has 0 aliphatic carbocycles. The molecule has 1 unspecified atom stereocenters. The monoisotopic (exact) mass is 211 g/mol.